The monoisotopic (exact) mass is 259 g/mol. The Balaban J connectivity index is 2.34. The summed E-state index contributed by atoms with van der Waals surface area (Å²) >= 11 is 0. The predicted molar refractivity (Wildman–Crippen MR) is 73.5 cm³/mol. The molecule has 5 nitrogen and oxygen atoms in total. The van der Waals surface area contributed by atoms with Crippen molar-refractivity contribution in [2.24, 2.45) is 7.05 Å². The number of carbonyl (C=O) groups is 1. The molecular weight excluding hydrogens is 242 g/mol. The number of aryl methyl sites for hydroxylation is 2. The number of phenolic OH excluding ortho intramolecular Hbond substituents is 1. The van der Waals surface area contributed by atoms with Crippen LogP contribution in [0.3, 0.4) is 0 Å². The van der Waals surface area contributed by atoms with Gasteiger partial charge in [0.1, 0.15) is 5.75 Å². The van der Waals surface area contributed by atoms with Gasteiger partial charge in [0, 0.05) is 24.0 Å². The molecule has 0 unspecified atom stereocenters. The van der Waals surface area contributed by atoms with Gasteiger partial charge in [-0.3, -0.25) is 9.48 Å². The van der Waals surface area contributed by atoms with Gasteiger partial charge in [0.2, 0.25) is 0 Å². The Kier molecular flexibility index (Phi) is 3.29. The Labute approximate surface area is 111 Å². The number of aromatic nitrogens is 2. The number of carbonyl (C=O) groups excluding carboxylic acids is 1. The van der Waals surface area contributed by atoms with Crippen LogP contribution in [-0.4, -0.2) is 20.8 Å². The highest BCUT2D eigenvalue weighted by Crippen LogP contribution is 2.25. The summed E-state index contributed by atoms with van der Waals surface area (Å²) in [5.41, 5.74) is 3.33. The molecule has 19 heavy (non-hydrogen) atoms. The lowest BCUT2D eigenvalue weighted by Crippen LogP contribution is -2.14. The quantitative estimate of drug-likeness (QED) is 0.869. The van der Waals surface area contributed by atoms with Gasteiger partial charge in [-0.1, -0.05) is 6.07 Å². The zero-order valence-corrected chi connectivity index (χ0v) is 11.5. The average molecular weight is 259 g/mol. The molecule has 0 aliphatic heterocycles. The van der Waals surface area contributed by atoms with Crippen LogP contribution >= 0.6 is 0 Å². The highest BCUT2D eigenvalue weighted by molar-refractivity contribution is 6.06. The van der Waals surface area contributed by atoms with E-state index in [2.05, 4.69) is 10.4 Å². The molecule has 1 amide bonds. The number of hydrogen-bond acceptors (Lipinski definition) is 3. The summed E-state index contributed by atoms with van der Waals surface area (Å²) in [6, 6.07) is 5.04. The van der Waals surface area contributed by atoms with Gasteiger partial charge in [-0.25, -0.2) is 0 Å². The van der Waals surface area contributed by atoms with Crippen LogP contribution in [0.4, 0.5) is 5.69 Å². The maximum absolute atomic E-state index is 12.3. The fraction of sp³-hybridized carbons (Fsp3) is 0.286. The number of amides is 1. The van der Waals surface area contributed by atoms with Crippen LogP contribution < -0.4 is 5.32 Å². The van der Waals surface area contributed by atoms with Crippen LogP contribution in [0, 0.1) is 20.8 Å². The molecule has 0 radical (unpaired) electrons. The summed E-state index contributed by atoms with van der Waals surface area (Å²) in [4.78, 5) is 12.3. The Bertz CT molecular complexity index is 644. The molecule has 5 heteroatoms. The first-order valence-corrected chi connectivity index (χ1v) is 6.02. The van der Waals surface area contributed by atoms with E-state index in [9.17, 15) is 9.90 Å². The minimum absolute atomic E-state index is 0.164. The van der Waals surface area contributed by atoms with Crippen molar-refractivity contribution < 1.29 is 9.90 Å². The molecule has 0 fully saturated rings. The van der Waals surface area contributed by atoms with Gasteiger partial charge in [0.25, 0.3) is 5.91 Å². The van der Waals surface area contributed by atoms with Gasteiger partial charge in [0.15, 0.2) is 0 Å². The van der Waals surface area contributed by atoms with Crippen molar-refractivity contribution >= 4 is 11.6 Å². The van der Waals surface area contributed by atoms with Crippen molar-refractivity contribution in [1.82, 2.24) is 9.78 Å². The van der Waals surface area contributed by atoms with Crippen molar-refractivity contribution in [2.75, 3.05) is 5.32 Å². The first-order valence-electron chi connectivity index (χ1n) is 6.02. The van der Waals surface area contributed by atoms with E-state index in [1.165, 1.54) is 0 Å². The molecule has 0 aliphatic rings. The van der Waals surface area contributed by atoms with E-state index in [1.807, 2.05) is 6.92 Å². The van der Waals surface area contributed by atoms with E-state index in [0.717, 1.165) is 5.69 Å². The minimum atomic E-state index is -0.211. The average Bonchev–Trinajstić information content (AvgIpc) is 2.59. The van der Waals surface area contributed by atoms with E-state index >= 15 is 0 Å². The van der Waals surface area contributed by atoms with E-state index < -0.39 is 0 Å². The third-order valence-corrected chi connectivity index (χ3v) is 3.29. The summed E-state index contributed by atoms with van der Waals surface area (Å²) in [7, 11) is 1.80. The molecule has 0 spiro atoms. The van der Waals surface area contributed by atoms with Gasteiger partial charge < -0.3 is 10.4 Å². The molecule has 2 N–H and O–H groups in total. The largest absolute Gasteiger partial charge is 0.508 e. The van der Waals surface area contributed by atoms with E-state index in [1.54, 1.807) is 43.8 Å². The molecule has 0 bridgehead atoms. The van der Waals surface area contributed by atoms with Crippen LogP contribution in [0.5, 0.6) is 5.75 Å². The highest BCUT2D eigenvalue weighted by Gasteiger charge is 2.18. The summed E-state index contributed by atoms with van der Waals surface area (Å²) in [6.07, 6.45) is 0. The van der Waals surface area contributed by atoms with E-state index in [4.69, 9.17) is 0 Å². The predicted octanol–water partition coefficient (Wildman–Crippen LogP) is 2.30. The lowest BCUT2D eigenvalue weighted by molar-refractivity contribution is 0.102. The Morgan fingerprint density at radius 3 is 2.58 bits per heavy atom. The standard InChI is InChI=1S/C14H17N3O2/c1-8-11(6-5-7-12(8)18)15-14(19)13-9(2)16-17(4)10(13)3/h5-7,18H,1-4H3,(H,15,19). The molecule has 0 atom stereocenters. The van der Waals surface area contributed by atoms with Crippen LogP contribution in [0.15, 0.2) is 18.2 Å². The third-order valence-electron chi connectivity index (χ3n) is 3.29. The van der Waals surface area contributed by atoms with Gasteiger partial charge in [-0.2, -0.15) is 5.10 Å². The fourth-order valence-corrected chi connectivity index (χ4v) is 2.05. The fourth-order valence-electron chi connectivity index (χ4n) is 2.05. The molecule has 100 valence electrons. The number of aromatic hydroxyl groups is 1. The molecule has 0 saturated heterocycles. The Morgan fingerprint density at radius 2 is 2.00 bits per heavy atom. The van der Waals surface area contributed by atoms with E-state index in [-0.39, 0.29) is 11.7 Å². The van der Waals surface area contributed by atoms with Crippen molar-refractivity contribution in [3.63, 3.8) is 0 Å². The van der Waals surface area contributed by atoms with Crippen molar-refractivity contribution in [3.8, 4) is 5.75 Å². The minimum Gasteiger partial charge on any atom is -0.508 e. The topological polar surface area (TPSA) is 67.2 Å². The third kappa shape index (κ3) is 2.31. The van der Waals surface area contributed by atoms with Gasteiger partial charge in [0.05, 0.1) is 11.3 Å². The molecule has 0 aliphatic carbocycles. The maximum atomic E-state index is 12.3. The smallest absolute Gasteiger partial charge is 0.259 e. The number of benzene rings is 1. The molecule has 2 rings (SSSR count). The number of nitrogens with one attached hydrogen (secondary N) is 1. The number of hydrogen-bond donors (Lipinski definition) is 2. The molecule has 2 aromatic rings. The molecular formula is C14H17N3O2. The molecule has 1 aromatic carbocycles. The summed E-state index contributed by atoms with van der Waals surface area (Å²) in [5.74, 6) is -0.0470. The van der Waals surface area contributed by atoms with Crippen LogP contribution in [-0.2, 0) is 7.05 Å². The van der Waals surface area contributed by atoms with E-state index in [0.29, 0.717) is 22.5 Å². The second-order valence-corrected chi connectivity index (χ2v) is 4.57. The summed E-state index contributed by atoms with van der Waals surface area (Å²) in [6.45, 7) is 5.41. The SMILES string of the molecule is Cc1nn(C)c(C)c1C(=O)Nc1cccc(O)c1C. The lowest BCUT2D eigenvalue weighted by Gasteiger charge is -2.09. The summed E-state index contributed by atoms with van der Waals surface area (Å²) < 4.78 is 1.68. The van der Waals surface area contributed by atoms with Crippen molar-refractivity contribution in [1.29, 1.82) is 0 Å². The number of anilines is 1. The zero-order chi connectivity index (χ0) is 14.2. The van der Waals surface area contributed by atoms with Crippen molar-refractivity contribution in [3.05, 3.63) is 40.7 Å². The molecule has 1 aromatic heterocycles. The summed E-state index contributed by atoms with van der Waals surface area (Å²) in [5, 5.41) is 16.7. The van der Waals surface area contributed by atoms with Crippen LogP contribution in [0.2, 0.25) is 0 Å². The number of rotatable bonds is 2. The van der Waals surface area contributed by atoms with Crippen LogP contribution in [0.25, 0.3) is 0 Å². The second kappa shape index (κ2) is 4.76. The first kappa shape index (κ1) is 13.1. The van der Waals surface area contributed by atoms with Gasteiger partial charge in [-0.15, -0.1) is 0 Å². The molecule has 0 saturated carbocycles. The Morgan fingerprint density at radius 1 is 1.32 bits per heavy atom. The van der Waals surface area contributed by atoms with Gasteiger partial charge >= 0.3 is 0 Å². The van der Waals surface area contributed by atoms with Crippen molar-refractivity contribution in [2.45, 2.75) is 20.8 Å². The van der Waals surface area contributed by atoms with Crippen LogP contribution in [0.1, 0.15) is 27.3 Å². The second-order valence-electron chi connectivity index (χ2n) is 4.57. The first-order chi connectivity index (χ1) is 8.91. The Hall–Kier alpha value is -2.30. The molecule has 1 heterocycles. The maximum Gasteiger partial charge on any atom is 0.259 e. The number of nitrogens with zero attached hydrogens (tertiary/aromatic N) is 2. The normalized spacial score (nSPS) is 10.5. The zero-order valence-electron chi connectivity index (χ0n) is 11.5. The highest BCUT2D eigenvalue weighted by atomic mass is 16.3. The lowest BCUT2D eigenvalue weighted by atomic mass is 10.1. The number of phenols is 1. The van der Waals surface area contributed by atoms with Gasteiger partial charge in [-0.05, 0) is 32.9 Å².